The molecule has 0 spiro atoms. The second-order valence-electron chi connectivity index (χ2n) is 6.54. The summed E-state index contributed by atoms with van der Waals surface area (Å²) in [5.74, 6) is 0.607. The normalized spacial score (nSPS) is 14.9. The smallest absolute Gasteiger partial charge is 0.271 e. The highest BCUT2D eigenvalue weighted by Crippen LogP contribution is 2.26. The number of aryl methyl sites for hydroxylation is 2. The summed E-state index contributed by atoms with van der Waals surface area (Å²) in [6, 6.07) is 8.35. The van der Waals surface area contributed by atoms with Gasteiger partial charge in [-0.05, 0) is 44.4 Å². The first kappa shape index (κ1) is 17.8. The molecule has 1 saturated heterocycles. The van der Waals surface area contributed by atoms with Crippen LogP contribution in [0.4, 0.5) is 17.2 Å². The van der Waals surface area contributed by atoms with Crippen LogP contribution in [-0.2, 0) is 4.79 Å². The Balaban J connectivity index is 1.61. The number of anilines is 2. The molecule has 0 radical (unpaired) electrons. The lowest BCUT2D eigenvalue weighted by molar-refractivity contribution is -0.384. The quantitative estimate of drug-likeness (QED) is 0.668. The SMILES string of the molecule is Cc1ccc(N2CCC(C(=O)Nc3cc([N+](=O)[O-])ccc3C)CC2)nn1. The van der Waals surface area contributed by atoms with Crippen molar-refractivity contribution in [1.82, 2.24) is 10.2 Å². The van der Waals surface area contributed by atoms with Crippen LogP contribution < -0.4 is 10.2 Å². The van der Waals surface area contributed by atoms with Gasteiger partial charge in [-0.1, -0.05) is 6.07 Å². The molecule has 8 heteroatoms. The molecule has 1 aliphatic heterocycles. The standard InChI is InChI=1S/C18H21N5O3/c1-12-3-5-15(23(25)26)11-16(12)19-18(24)14-7-9-22(10-8-14)17-6-4-13(2)20-21-17/h3-6,11,14H,7-10H2,1-2H3,(H,19,24). The van der Waals surface area contributed by atoms with Gasteiger partial charge in [0.05, 0.1) is 16.3 Å². The van der Waals surface area contributed by atoms with Crippen molar-refractivity contribution in [1.29, 1.82) is 0 Å². The van der Waals surface area contributed by atoms with Crippen LogP contribution in [0.5, 0.6) is 0 Å². The second kappa shape index (κ2) is 7.47. The number of nitro groups is 1. The summed E-state index contributed by atoms with van der Waals surface area (Å²) in [7, 11) is 0. The number of rotatable bonds is 4. The van der Waals surface area contributed by atoms with Gasteiger partial charge in [-0.15, -0.1) is 5.10 Å². The average molecular weight is 355 g/mol. The van der Waals surface area contributed by atoms with E-state index in [4.69, 9.17) is 0 Å². The van der Waals surface area contributed by atoms with Crippen LogP contribution >= 0.6 is 0 Å². The van der Waals surface area contributed by atoms with E-state index in [1.54, 1.807) is 6.07 Å². The third kappa shape index (κ3) is 3.96. The summed E-state index contributed by atoms with van der Waals surface area (Å²) >= 11 is 0. The van der Waals surface area contributed by atoms with Crippen LogP contribution in [0, 0.1) is 29.9 Å². The van der Waals surface area contributed by atoms with E-state index in [1.807, 2.05) is 26.0 Å². The summed E-state index contributed by atoms with van der Waals surface area (Å²) in [4.78, 5) is 25.1. The van der Waals surface area contributed by atoms with E-state index in [0.29, 0.717) is 18.5 Å². The van der Waals surface area contributed by atoms with Gasteiger partial charge in [-0.25, -0.2) is 0 Å². The molecule has 2 heterocycles. The molecule has 0 saturated carbocycles. The molecule has 26 heavy (non-hydrogen) atoms. The van der Waals surface area contributed by atoms with E-state index in [-0.39, 0.29) is 17.5 Å². The maximum absolute atomic E-state index is 12.6. The fourth-order valence-corrected chi connectivity index (χ4v) is 3.02. The Morgan fingerprint density at radius 3 is 2.54 bits per heavy atom. The Morgan fingerprint density at radius 2 is 1.92 bits per heavy atom. The second-order valence-corrected chi connectivity index (χ2v) is 6.54. The van der Waals surface area contributed by atoms with E-state index in [9.17, 15) is 14.9 Å². The molecule has 8 nitrogen and oxygen atoms in total. The highest BCUT2D eigenvalue weighted by atomic mass is 16.6. The Kier molecular flexibility index (Phi) is 5.11. The number of non-ortho nitro benzene ring substituents is 1. The molecule has 0 aliphatic carbocycles. The summed E-state index contributed by atoms with van der Waals surface area (Å²) in [6.45, 7) is 5.16. The first-order chi connectivity index (χ1) is 12.4. The Bertz CT molecular complexity index is 814. The van der Waals surface area contributed by atoms with Crippen molar-refractivity contribution in [3.63, 3.8) is 0 Å². The Morgan fingerprint density at radius 1 is 1.19 bits per heavy atom. The van der Waals surface area contributed by atoms with Crippen molar-refractivity contribution >= 4 is 23.1 Å². The third-order valence-electron chi connectivity index (χ3n) is 4.66. The van der Waals surface area contributed by atoms with Crippen LogP contribution in [0.2, 0.25) is 0 Å². The predicted octanol–water partition coefficient (Wildman–Crippen LogP) is 2.86. The van der Waals surface area contributed by atoms with Crippen LogP contribution in [-0.4, -0.2) is 34.1 Å². The number of amides is 1. The number of benzene rings is 1. The van der Waals surface area contributed by atoms with E-state index in [1.165, 1.54) is 12.1 Å². The van der Waals surface area contributed by atoms with Gasteiger partial charge in [-0.3, -0.25) is 14.9 Å². The number of hydrogen-bond acceptors (Lipinski definition) is 6. The van der Waals surface area contributed by atoms with Crippen molar-refractivity contribution in [2.24, 2.45) is 5.92 Å². The molecule has 1 fully saturated rings. The van der Waals surface area contributed by atoms with Gasteiger partial charge >= 0.3 is 0 Å². The molecule has 1 aromatic heterocycles. The molecule has 0 bridgehead atoms. The van der Waals surface area contributed by atoms with E-state index >= 15 is 0 Å². The van der Waals surface area contributed by atoms with Crippen LogP contribution in [0.1, 0.15) is 24.1 Å². The minimum Gasteiger partial charge on any atom is -0.355 e. The predicted molar refractivity (Wildman–Crippen MR) is 98.2 cm³/mol. The lowest BCUT2D eigenvalue weighted by Crippen LogP contribution is -2.38. The Hall–Kier alpha value is -3.03. The molecule has 1 aliphatic rings. The molecule has 0 atom stereocenters. The zero-order valence-corrected chi connectivity index (χ0v) is 14.8. The molecule has 1 N–H and O–H groups in total. The maximum atomic E-state index is 12.6. The van der Waals surface area contributed by atoms with Gasteiger partial charge in [0.25, 0.3) is 5.69 Å². The van der Waals surface area contributed by atoms with Crippen LogP contribution in [0.3, 0.4) is 0 Å². The van der Waals surface area contributed by atoms with Gasteiger partial charge in [0.15, 0.2) is 5.82 Å². The van der Waals surface area contributed by atoms with Crippen LogP contribution in [0.25, 0.3) is 0 Å². The topological polar surface area (TPSA) is 101 Å². The number of carbonyl (C=O) groups is 1. The number of carbonyl (C=O) groups excluding carboxylic acids is 1. The highest BCUT2D eigenvalue weighted by Gasteiger charge is 2.26. The summed E-state index contributed by atoms with van der Waals surface area (Å²) < 4.78 is 0. The van der Waals surface area contributed by atoms with Crippen molar-refractivity contribution in [2.45, 2.75) is 26.7 Å². The van der Waals surface area contributed by atoms with E-state index in [2.05, 4.69) is 20.4 Å². The molecular weight excluding hydrogens is 334 g/mol. The number of nitro benzene ring substituents is 1. The zero-order valence-electron chi connectivity index (χ0n) is 14.8. The lowest BCUT2D eigenvalue weighted by Gasteiger charge is -2.31. The van der Waals surface area contributed by atoms with Gasteiger partial charge in [0, 0.05) is 31.1 Å². The molecule has 136 valence electrons. The van der Waals surface area contributed by atoms with Crippen molar-refractivity contribution in [3.05, 3.63) is 51.7 Å². The Labute approximate surface area is 151 Å². The van der Waals surface area contributed by atoms with Gasteiger partial charge < -0.3 is 10.2 Å². The average Bonchev–Trinajstić information content (AvgIpc) is 2.64. The fourth-order valence-electron chi connectivity index (χ4n) is 3.02. The lowest BCUT2D eigenvalue weighted by atomic mass is 9.95. The van der Waals surface area contributed by atoms with Gasteiger partial charge in [-0.2, -0.15) is 5.10 Å². The van der Waals surface area contributed by atoms with Crippen molar-refractivity contribution in [2.75, 3.05) is 23.3 Å². The summed E-state index contributed by atoms with van der Waals surface area (Å²) in [5.41, 5.74) is 2.14. The number of aromatic nitrogens is 2. The summed E-state index contributed by atoms with van der Waals surface area (Å²) in [5, 5.41) is 22.0. The third-order valence-corrected chi connectivity index (χ3v) is 4.66. The van der Waals surface area contributed by atoms with Crippen LogP contribution in [0.15, 0.2) is 30.3 Å². The maximum Gasteiger partial charge on any atom is 0.271 e. The van der Waals surface area contributed by atoms with Crippen molar-refractivity contribution in [3.8, 4) is 0 Å². The van der Waals surface area contributed by atoms with E-state index < -0.39 is 4.92 Å². The summed E-state index contributed by atoms with van der Waals surface area (Å²) in [6.07, 6.45) is 1.41. The minimum absolute atomic E-state index is 0.0290. The molecule has 1 amide bonds. The fraction of sp³-hybridized carbons (Fsp3) is 0.389. The monoisotopic (exact) mass is 355 g/mol. The number of piperidine rings is 1. The van der Waals surface area contributed by atoms with Crippen molar-refractivity contribution < 1.29 is 9.72 Å². The molecule has 1 aromatic carbocycles. The molecule has 2 aromatic rings. The minimum atomic E-state index is -0.462. The number of nitrogens with zero attached hydrogens (tertiary/aromatic N) is 4. The number of nitrogens with one attached hydrogen (secondary N) is 1. The van der Waals surface area contributed by atoms with Gasteiger partial charge in [0.1, 0.15) is 0 Å². The molecule has 3 rings (SSSR count). The molecule has 0 unspecified atom stereocenters. The first-order valence-corrected chi connectivity index (χ1v) is 8.55. The first-order valence-electron chi connectivity index (χ1n) is 8.55. The number of hydrogen-bond donors (Lipinski definition) is 1. The zero-order chi connectivity index (χ0) is 18.7. The highest BCUT2D eigenvalue weighted by molar-refractivity contribution is 5.93. The van der Waals surface area contributed by atoms with Gasteiger partial charge in [0.2, 0.25) is 5.91 Å². The van der Waals surface area contributed by atoms with E-state index in [0.717, 1.165) is 30.2 Å². The largest absolute Gasteiger partial charge is 0.355 e. The molecular formula is C18H21N5O3.